The molecule has 2 N–H and O–H groups in total. The number of likely N-dealkylation sites (tertiary alicyclic amines) is 1. The van der Waals surface area contributed by atoms with E-state index in [9.17, 15) is 9.59 Å². The SMILES string of the molecule is O=C(NC1CC2CCN(C(=O)O)CC2C1)OCc1ccccc1. The van der Waals surface area contributed by atoms with Gasteiger partial charge in [0.25, 0.3) is 0 Å². The lowest BCUT2D eigenvalue weighted by Gasteiger charge is -2.32. The molecule has 3 rings (SSSR count). The molecule has 1 aromatic carbocycles. The maximum Gasteiger partial charge on any atom is 0.407 e. The first-order valence-electron chi connectivity index (χ1n) is 8.07. The van der Waals surface area contributed by atoms with Gasteiger partial charge in [0.2, 0.25) is 0 Å². The van der Waals surface area contributed by atoms with Crippen LogP contribution in [-0.4, -0.2) is 41.3 Å². The highest BCUT2D eigenvalue weighted by molar-refractivity contribution is 5.67. The van der Waals surface area contributed by atoms with Gasteiger partial charge in [-0.25, -0.2) is 9.59 Å². The number of carbonyl (C=O) groups is 2. The van der Waals surface area contributed by atoms with Crippen molar-refractivity contribution in [3.8, 4) is 0 Å². The Balaban J connectivity index is 1.44. The van der Waals surface area contributed by atoms with Crippen LogP contribution in [0.15, 0.2) is 30.3 Å². The molecule has 6 nitrogen and oxygen atoms in total. The monoisotopic (exact) mass is 318 g/mol. The predicted molar refractivity (Wildman–Crippen MR) is 84.0 cm³/mol. The fourth-order valence-corrected chi connectivity index (χ4v) is 3.71. The zero-order chi connectivity index (χ0) is 16.2. The zero-order valence-corrected chi connectivity index (χ0v) is 13.0. The summed E-state index contributed by atoms with van der Waals surface area (Å²) in [5, 5.41) is 12.0. The summed E-state index contributed by atoms with van der Waals surface area (Å²) in [5.74, 6) is 0.851. The number of hydrogen-bond donors (Lipinski definition) is 2. The van der Waals surface area contributed by atoms with Crippen LogP contribution in [0.25, 0.3) is 0 Å². The van der Waals surface area contributed by atoms with Crippen molar-refractivity contribution < 1.29 is 19.4 Å². The van der Waals surface area contributed by atoms with E-state index in [-0.39, 0.29) is 12.6 Å². The van der Waals surface area contributed by atoms with Crippen molar-refractivity contribution in [1.29, 1.82) is 0 Å². The minimum atomic E-state index is -0.845. The number of amides is 2. The molecule has 1 saturated carbocycles. The Morgan fingerprint density at radius 1 is 1.22 bits per heavy atom. The van der Waals surface area contributed by atoms with Gasteiger partial charge in [0.1, 0.15) is 6.61 Å². The number of alkyl carbamates (subject to hydrolysis) is 1. The Labute approximate surface area is 135 Å². The Morgan fingerprint density at radius 3 is 2.70 bits per heavy atom. The Kier molecular flexibility index (Phi) is 4.69. The summed E-state index contributed by atoms with van der Waals surface area (Å²) in [5.41, 5.74) is 0.958. The summed E-state index contributed by atoms with van der Waals surface area (Å²) in [6.45, 7) is 1.44. The average Bonchev–Trinajstić information content (AvgIpc) is 2.95. The van der Waals surface area contributed by atoms with Crippen LogP contribution in [-0.2, 0) is 11.3 Å². The van der Waals surface area contributed by atoms with Crippen molar-refractivity contribution in [1.82, 2.24) is 10.2 Å². The second-order valence-electron chi connectivity index (χ2n) is 6.41. The van der Waals surface area contributed by atoms with Crippen molar-refractivity contribution >= 4 is 12.2 Å². The fraction of sp³-hybridized carbons (Fsp3) is 0.529. The highest BCUT2D eigenvalue weighted by atomic mass is 16.5. The summed E-state index contributed by atoms with van der Waals surface area (Å²) in [4.78, 5) is 24.5. The van der Waals surface area contributed by atoms with Gasteiger partial charge in [0.15, 0.2) is 0 Å². The largest absolute Gasteiger partial charge is 0.465 e. The van der Waals surface area contributed by atoms with Crippen LogP contribution in [0.1, 0.15) is 24.8 Å². The molecule has 0 aromatic heterocycles. The van der Waals surface area contributed by atoms with E-state index in [0.29, 0.717) is 24.9 Å². The molecule has 1 aromatic rings. The average molecular weight is 318 g/mol. The van der Waals surface area contributed by atoms with Crippen LogP contribution in [0.2, 0.25) is 0 Å². The molecule has 1 aliphatic heterocycles. The highest BCUT2D eigenvalue weighted by Gasteiger charge is 2.39. The molecule has 124 valence electrons. The number of ether oxygens (including phenoxy) is 1. The van der Waals surface area contributed by atoms with Crippen LogP contribution in [0, 0.1) is 11.8 Å². The summed E-state index contributed by atoms with van der Waals surface area (Å²) in [6.07, 6.45) is 1.39. The molecule has 6 heteroatoms. The Hall–Kier alpha value is -2.24. The van der Waals surface area contributed by atoms with E-state index in [0.717, 1.165) is 24.8 Å². The van der Waals surface area contributed by atoms with Crippen LogP contribution >= 0.6 is 0 Å². The Morgan fingerprint density at radius 2 is 1.96 bits per heavy atom. The lowest BCUT2D eigenvalue weighted by Crippen LogP contribution is -2.41. The van der Waals surface area contributed by atoms with Crippen molar-refractivity contribution in [2.75, 3.05) is 13.1 Å². The molecule has 1 heterocycles. The van der Waals surface area contributed by atoms with E-state index >= 15 is 0 Å². The maximum absolute atomic E-state index is 11.9. The van der Waals surface area contributed by atoms with Gasteiger partial charge in [-0.15, -0.1) is 0 Å². The first-order chi connectivity index (χ1) is 11.1. The topological polar surface area (TPSA) is 78.9 Å². The molecular formula is C17H22N2O4. The van der Waals surface area contributed by atoms with Crippen molar-refractivity contribution in [3.05, 3.63) is 35.9 Å². The highest BCUT2D eigenvalue weighted by Crippen LogP contribution is 2.38. The van der Waals surface area contributed by atoms with E-state index in [1.54, 1.807) is 0 Å². The van der Waals surface area contributed by atoms with E-state index in [1.165, 1.54) is 4.90 Å². The zero-order valence-electron chi connectivity index (χ0n) is 13.0. The van der Waals surface area contributed by atoms with E-state index in [4.69, 9.17) is 9.84 Å². The summed E-state index contributed by atoms with van der Waals surface area (Å²) >= 11 is 0. The normalized spacial score (nSPS) is 26.4. The van der Waals surface area contributed by atoms with Crippen molar-refractivity contribution in [2.24, 2.45) is 11.8 Å². The molecule has 2 aliphatic rings. The van der Waals surface area contributed by atoms with Gasteiger partial charge in [-0.1, -0.05) is 30.3 Å². The van der Waals surface area contributed by atoms with Gasteiger partial charge in [-0.3, -0.25) is 0 Å². The second-order valence-corrected chi connectivity index (χ2v) is 6.41. The first kappa shape index (κ1) is 15.6. The lowest BCUT2D eigenvalue weighted by atomic mass is 9.89. The molecule has 3 atom stereocenters. The molecule has 23 heavy (non-hydrogen) atoms. The molecule has 2 fully saturated rings. The number of rotatable bonds is 3. The predicted octanol–water partition coefficient (Wildman–Crippen LogP) is 2.69. The molecule has 0 bridgehead atoms. The fourth-order valence-electron chi connectivity index (χ4n) is 3.71. The van der Waals surface area contributed by atoms with Crippen LogP contribution in [0.4, 0.5) is 9.59 Å². The lowest BCUT2D eigenvalue weighted by molar-refractivity contribution is 0.106. The van der Waals surface area contributed by atoms with Crippen LogP contribution < -0.4 is 5.32 Å². The van der Waals surface area contributed by atoms with Gasteiger partial charge in [-0.05, 0) is 36.7 Å². The van der Waals surface area contributed by atoms with Gasteiger partial charge in [0.05, 0.1) is 0 Å². The molecule has 0 radical (unpaired) electrons. The number of carbonyl (C=O) groups excluding carboxylic acids is 1. The van der Waals surface area contributed by atoms with E-state index in [1.807, 2.05) is 30.3 Å². The van der Waals surface area contributed by atoms with Crippen LogP contribution in [0.3, 0.4) is 0 Å². The first-order valence-corrected chi connectivity index (χ1v) is 8.07. The third kappa shape index (κ3) is 3.94. The number of nitrogens with one attached hydrogen (secondary N) is 1. The molecule has 3 unspecified atom stereocenters. The second kappa shape index (κ2) is 6.89. The minimum Gasteiger partial charge on any atom is -0.465 e. The third-order valence-corrected chi connectivity index (χ3v) is 4.87. The summed E-state index contributed by atoms with van der Waals surface area (Å²) in [7, 11) is 0. The molecular weight excluding hydrogens is 296 g/mol. The number of hydrogen-bond acceptors (Lipinski definition) is 3. The number of benzene rings is 1. The van der Waals surface area contributed by atoms with Crippen LogP contribution in [0.5, 0.6) is 0 Å². The smallest absolute Gasteiger partial charge is 0.407 e. The molecule has 2 amide bonds. The van der Waals surface area contributed by atoms with Gasteiger partial charge in [0, 0.05) is 19.1 Å². The standard InChI is InChI=1S/C17H22N2O4/c20-16(23-11-12-4-2-1-3-5-12)18-15-8-13-6-7-19(17(21)22)10-14(13)9-15/h1-5,13-15H,6-11H2,(H,18,20)(H,21,22). The van der Waals surface area contributed by atoms with E-state index < -0.39 is 12.2 Å². The van der Waals surface area contributed by atoms with Gasteiger partial charge < -0.3 is 20.1 Å². The number of fused-ring (bicyclic) bond motifs is 1. The molecule has 1 aliphatic carbocycles. The maximum atomic E-state index is 11.9. The van der Waals surface area contributed by atoms with Crippen molar-refractivity contribution in [2.45, 2.75) is 31.9 Å². The number of nitrogens with zero attached hydrogens (tertiary/aromatic N) is 1. The molecule has 0 spiro atoms. The van der Waals surface area contributed by atoms with E-state index in [2.05, 4.69) is 5.32 Å². The summed E-state index contributed by atoms with van der Waals surface area (Å²) in [6, 6.07) is 9.65. The number of piperidine rings is 1. The number of carboxylic acid groups (broad SMARTS) is 1. The molecule has 1 saturated heterocycles. The van der Waals surface area contributed by atoms with Gasteiger partial charge >= 0.3 is 12.2 Å². The Bertz CT molecular complexity index is 563. The van der Waals surface area contributed by atoms with Crippen molar-refractivity contribution in [3.63, 3.8) is 0 Å². The summed E-state index contributed by atoms with van der Waals surface area (Å²) < 4.78 is 5.25. The minimum absolute atomic E-state index is 0.0852. The quantitative estimate of drug-likeness (QED) is 0.898. The third-order valence-electron chi connectivity index (χ3n) is 4.87. The van der Waals surface area contributed by atoms with Gasteiger partial charge in [-0.2, -0.15) is 0 Å².